The van der Waals surface area contributed by atoms with Crippen LogP contribution in [0.3, 0.4) is 0 Å². The van der Waals surface area contributed by atoms with E-state index >= 15 is 0 Å². The minimum atomic E-state index is 0.109. The third-order valence-corrected chi connectivity index (χ3v) is 3.12. The van der Waals surface area contributed by atoms with E-state index in [1.165, 1.54) is 0 Å². The van der Waals surface area contributed by atoms with Crippen molar-refractivity contribution >= 4 is 17.5 Å². The van der Waals surface area contributed by atoms with Gasteiger partial charge in [-0.3, -0.25) is 4.79 Å². The summed E-state index contributed by atoms with van der Waals surface area (Å²) in [7, 11) is 3.53. The van der Waals surface area contributed by atoms with Crippen molar-refractivity contribution in [2.24, 2.45) is 0 Å². The minimum absolute atomic E-state index is 0.109. The van der Waals surface area contributed by atoms with E-state index in [9.17, 15) is 4.79 Å². The summed E-state index contributed by atoms with van der Waals surface area (Å²) < 4.78 is 0. The molecule has 6 nitrogen and oxygen atoms in total. The van der Waals surface area contributed by atoms with Crippen LogP contribution < -0.4 is 10.6 Å². The van der Waals surface area contributed by atoms with Crippen LogP contribution in [0.5, 0.6) is 0 Å². The molecule has 1 rings (SSSR count). The molecule has 2 N–H and O–H groups in total. The summed E-state index contributed by atoms with van der Waals surface area (Å²) in [5.74, 6) is 1.84. The lowest BCUT2D eigenvalue weighted by atomic mass is 10.1. The van der Waals surface area contributed by atoms with Gasteiger partial charge in [-0.2, -0.15) is 0 Å². The highest BCUT2D eigenvalue weighted by Gasteiger charge is 2.11. The lowest BCUT2D eigenvalue weighted by Crippen LogP contribution is -2.24. The van der Waals surface area contributed by atoms with Crippen molar-refractivity contribution < 1.29 is 4.79 Å². The Labute approximate surface area is 127 Å². The van der Waals surface area contributed by atoms with Crippen LogP contribution in [0.2, 0.25) is 0 Å². The number of aromatic nitrogens is 2. The van der Waals surface area contributed by atoms with Crippen LogP contribution in [0, 0.1) is 0 Å². The molecule has 1 heterocycles. The monoisotopic (exact) mass is 293 g/mol. The number of rotatable bonds is 9. The molecule has 0 atom stereocenters. The van der Waals surface area contributed by atoms with Crippen molar-refractivity contribution in [3.8, 4) is 0 Å². The molecule has 0 aromatic carbocycles. The van der Waals surface area contributed by atoms with Gasteiger partial charge in [-0.25, -0.2) is 9.97 Å². The molecule has 0 aliphatic heterocycles. The Morgan fingerprint density at radius 2 is 1.71 bits per heavy atom. The predicted octanol–water partition coefficient (Wildman–Crippen LogP) is 2.14. The van der Waals surface area contributed by atoms with Crippen LogP contribution in [-0.4, -0.2) is 48.0 Å². The smallest absolute Gasteiger partial charge is 0.223 e. The number of carbonyl (C=O) groups excluding carboxylic acids is 1. The fourth-order valence-corrected chi connectivity index (χ4v) is 1.96. The molecular formula is C15H27N5O. The third-order valence-electron chi connectivity index (χ3n) is 3.12. The van der Waals surface area contributed by atoms with Gasteiger partial charge in [-0.15, -0.1) is 0 Å². The summed E-state index contributed by atoms with van der Waals surface area (Å²) in [4.78, 5) is 21.8. The van der Waals surface area contributed by atoms with Gasteiger partial charge in [-0.1, -0.05) is 20.3 Å². The van der Waals surface area contributed by atoms with Crippen molar-refractivity contribution in [2.45, 2.75) is 39.5 Å². The maximum Gasteiger partial charge on any atom is 0.223 e. The molecule has 0 aliphatic carbocycles. The molecule has 0 saturated carbocycles. The Bertz CT molecular complexity index is 448. The van der Waals surface area contributed by atoms with Crippen molar-refractivity contribution in [1.82, 2.24) is 14.9 Å². The van der Waals surface area contributed by atoms with Crippen molar-refractivity contribution in [3.63, 3.8) is 0 Å². The number of anilines is 2. The fourth-order valence-electron chi connectivity index (χ4n) is 1.96. The molecule has 0 unspecified atom stereocenters. The van der Waals surface area contributed by atoms with Crippen LogP contribution in [0.25, 0.3) is 0 Å². The SMILES string of the molecule is CCCNc1ncnc(NCCC(=O)N(C)C)c1CCC. The first-order valence-corrected chi connectivity index (χ1v) is 7.61. The van der Waals surface area contributed by atoms with E-state index in [4.69, 9.17) is 0 Å². The summed E-state index contributed by atoms with van der Waals surface area (Å²) in [5, 5.41) is 6.60. The van der Waals surface area contributed by atoms with Crippen LogP contribution in [-0.2, 0) is 11.2 Å². The van der Waals surface area contributed by atoms with E-state index in [1.807, 2.05) is 0 Å². The first-order valence-electron chi connectivity index (χ1n) is 7.61. The van der Waals surface area contributed by atoms with Gasteiger partial charge in [0.15, 0.2) is 0 Å². The Kier molecular flexibility index (Phi) is 7.50. The maximum absolute atomic E-state index is 11.6. The number of nitrogens with zero attached hydrogens (tertiary/aromatic N) is 3. The number of hydrogen-bond donors (Lipinski definition) is 2. The van der Waals surface area contributed by atoms with Gasteiger partial charge in [0.2, 0.25) is 5.91 Å². The lowest BCUT2D eigenvalue weighted by Gasteiger charge is -2.15. The highest BCUT2D eigenvalue weighted by atomic mass is 16.2. The second-order valence-electron chi connectivity index (χ2n) is 5.19. The largest absolute Gasteiger partial charge is 0.370 e. The lowest BCUT2D eigenvalue weighted by molar-refractivity contribution is -0.128. The van der Waals surface area contributed by atoms with E-state index in [2.05, 4.69) is 34.4 Å². The van der Waals surface area contributed by atoms with Crippen LogP contribution >= 0.6 is 0 Å². The number of hydrogen-bond acceptors (Lipinski definition) is 5. The molecule has 118 valence electrons. The van der Waals surface area contributed by atoms with Gasteiger partial charge in [0.25, 0.3) is 0 Å². The normalized spacial score (nSPS) is 10.3. The zero-order chi connectivity index (χ0) is 15.7. The van der Waals surface area contributed by atoms with E-state index in [0.29, 0.717) is 13.0 Å². The zero-order valence-electron chi connectivity index (χ0n) is 13.6. The summed E-state index contributed by atoms with van der Waals surface area (Å²) in [5.41, 5.74) is 1.10. The Morgan fingerprint density at radius 1 is 1.10 bits per heavy atom. The van der Waals surface area contributed by atoms with E-state index in [-0.39, 0.29) is 5.91 Å². The molecule has 21 heavy (non-hydrogen) atoms. The van der Waals surface area contributed by atoms with Crippen molar-refractivity contribution in [3.05, 3.63) is 11.9 Å². The van der Waals surface area contributed by atoms with Gasteiger partial charge < -0.3 is 15.5 Å². The van der Waals surface area contributed by atoms with E-state index in [1.54, 1.807) is 25.3 Å². The number of amides is 1. The Morgan fingerprint density at radius 3 is 2.24 bits per heavy atom. The van der Waals surface area contributed by atoms with Gasteiger partial charge >= 0.3 is 0 Å². The molecule has 1 aromatic rings. The molecule has 6 heteroatoms. The van der Waals surface area contributed by atoms with E-state index < -0.39 is 0 Å². The third kappa shape index (κ3) is 5.57. The minimum Gasteiger partial charge on any atom is -0.370 e. The summed E-state index contributed by atoms with van der Waals surface area (Å²) in [6.07, 6.45) is 5.01. The van der Waals surface area contributed by atoms with Gasteiger partial charge in [0, 0.05) is 39.2 Å². The fraction of sp³-hybridized carbons (Fsp3) is 0.667. The first-order chi connectivity index (χ1) is 10.1. The molecule has 0 radical (unpaired) electrons. The van der Waals surface area contributed by atoms with Crippen LogP contribution in [0.4, 0.5) is 11.6 Å². The van der Waals surface area contributed by atoms with Gasteiger partial charge in [-0.05, 0) is 12.8 Å². The average Bonchev–Trinajstić information content (AvgIpc) is 2.47. The molecule has 0 spiro atoms. The van der Waals surface area contributed by atoms with Crippen molar-refractivity contribution in [1.29, 1.82) is 0 Å². The second-order valence-corrected chi connectivity index (χ2v) is 5.19. The summed E-state index contributed by atoms with van der Waals surface area (Å²) in [6, 6.07) is 0. The second kappa shape index (κ2) is 9.15. The highest BCUT2D eigenvalue weighted by Crippen LogP contribution is 2.21. The molecule has 0 fully saturated rings. The molecule has 0 bridgehead atoms. The number of carbonyl (C=O) groups is 1. The number of nitrogens with one attached hydrogen (secondary N) is 2. The topological polar surface area (TPSA) is 70.1 Å². The molecule has 1 aromatic heterocycles. The summed E-state index contributed by atoms with van der Waals surface area (Å²) in [6.45, 7) is 5.74. The van der Waals surface area contributed by atoms with E-state index in [0.717, 1.165) is 43.0 Å². The maximum atomic E-state index is 11.6. The molecular weight excluding hydrogens is 266 g/mol. The average molecular weight is 293 g/mol. The van der Waals surface area contributed by atoms with Crippen molar-refractivity contribution in [2.75, 3.05) is 37.8 Å². The first kappa shape index (κ1) is 17.2. The van der Waals surface area contributed by atoms with Crippen LogP contribution in [0.1, 0.15) is 38.7 Å². The highest BCUT2D eigenvalue weighted by molar-refractivity contribution is 5.76. The Hall–Kier alpha value is -1.85. The molecule has 1 amide bonds. The Balaban J connectivity index is 2.73. The predicted molar refractivity (Wildman–Crippen MR) is 86.6 cm³/mol. The summed E-state index contributed by atoms with van der Waals surface area (Å²) >= 11 is 0. The van der Waals surface area contributed by atoms with Crippen LogP contribution in [0.15, 0.2) is 6.33 Å². The standard InChI is InChI=1S/C15H27N5O/c1-5-7-12-14(16-9-6-2)18-11-19-15(12)17-10-8-13(21)20(3)4/h11H,5-10H2,1-4H3,(H2,16,17,18,19). The van der Waals surface area contributed by atoms with Gasteiger partial charge in [0.1, 0.15) is 18.0 Å². The quantitative estimate of drug-likeness (QED) is 0.730. The van der Waals surface area contributed by atoms with Gasteiger partial charge in [0.05, 0.1) is 0 Å². The molecule has 0 aliphatic rings. The zero-order valence-corrected chi connectivity index (χ0v) is 13.6. The molecule has 0 saturated heterocycles.